The van der Waals surface area contributed by atoms with Crippen LogP contribution in [0, 0.1) is 0 Å². The molecule has 17 heavy (non-hydrogen) atoms. The number of hydrogen-bond donors (Lipinski definition) is 0. The molecule has 0 aromatic heterocycles. The smallest absolute Gasteiger partial charge is 0.299 e. The van der Waals surface area contributed by atoms with Gasteiger partial charge < -0.3 is 0 Å². The Balaban J connectivity index is 2.08. The summed E-state index contributed by atoms with van der Waals surface area (Å²) in [5, 5.41) is -3.84. The first kappa shape index (κ1) is 12.6. The predicted molar refractivity (Wildman–Crippen MR) is 66.6 cm³/mol. The Hall–Kier alpha value is -0.820. The third-order valence-corrected chi connectivity index (χ3v) is 4.23. The van der Waals surface area contributed by atoms with Crippen molar-refractivity contribution in [3.63, 3.8) is 0 Å². The first-order valence-corrected chi connectivity index (χ1v) is 6.44. The van der Waals surface area contributed by atoms with Crippen LogP contribution in [0.25, 0.3) is 0 Å². The van der Waals surface area contributed by atoms with Gasteiger partial charge >= 0.3 is 5.25 Å². The Labute approximate surface area is 105 Å². The Morgan fingerprint density at radius 2 is 2.41 bits per heavy atom. The van der Waals surface area contributed by atoms with Gasteiger partial charge in [0.1, 0.15) is 5.37 Å². The maximum atomic E-state index is 13.4. The lowest BCUT2D eigenvalue weighted by Crippen LogP contribution is -2.33. The molecule has 0 saturated carbocycles. The third kappa shape index (κ3) is 2.55. The molecule has 7 heteroatoms. The highest BCUT2D eigenvalue weighted by Gasteiger charge is 2.43. The molecule has 2 rings (SSSR count). The van der Waals surface area contributed by atoms with E-state index in [9.17, 15) is 13.2 Å². The van der Waals surface area contributed by atoms with Crippen molar-refractivity contribution in [2.24, 2.45) is 4.99 Å². The van der Waals surface area contributed by atoms with Gasteiger partial charge in [-0.25, -0.2) is 4.39 Å². The van der Waals surface area contributed by atoms with Crippen LogP contribution >= 0.6 is 23.7 Å². The summed E-state index contributed by atoms with van der Waals surface area (Å²) in [6.07, 6.45) is 3.08. The molecular weight excluding hydrogens is 269 g/mol. The minimum Gasteiger partial charge on any atom is -0.299 e. The molecule has 2 aliphatic rings. The summed E-state index contributed by atoms with van der Waals surface area (Å²) in [4.78, 5) is 4.04. The maximum absolute atomic E-state index is 13.4. The molecule has 2 aliphatic heterocycles. The lowest BCUT2D eigenvalue weighted by Gasteiger charge is -2.31. The van der Waals surface area contributed by atoms with Gasteiger partial charge in [0.2, 0.25) is 0 Å². The molecule has 0 aliphatic carbocycles. The van der Waals surface area contributed by atoms with E-state index in [4.69, 9.17) is 0 Å². The summed E-state index contributed by atoms with van der Waals surface area (Å²) in [6, 6.07) is 0. The minimum absolute atomic E-state index is 0.157. The molecule has 2 atom stereocenters. The molecule has 0 radical (unpaired) electrons. The lowest BCUT2D eigenvalue weighted by atomic mass is 10.3. The Kier molecular flexibility index (Phi) is 3.58. The maximum Gasteiger partial charge on any atom is 0.346 e. The monoisotopic (exact) mass is 278 g/mol. The number of alkyl halides is 3. The van der Waals surface area contributed by atoms with Gasteiger partial charge in [-0.05, 0) is 12.2 Å². The van der Waals surface area contributed by atoms with E-state index in [0.29, 0.717) is 11.8 Å². The number of rotatable bonds is 4. The van der Waals surface area contributed by atoms with E-state index < -0.39 is 11.4 Å². The van der Waals surface area contributed by atoms with Crippen molar-refractivity contribution < 1.29 is 13.2 Å². The molecule has 0 bridgehead atoms. The van der Waals surface area contributed by atoms with Crippen molar-refractivity contribution in [2.75, 3.05) is 0 Å². The largest absolute Gasteiger partial charge is 0.346 e. The molecule has 92 valence electrons. The normalized spacial score (nSPS) is 24.5. The quantitative estimate of drug-likeness (QED) is 0.577. The van der Waals surface area contributed by atoms with E-state index in [1.165, 1.54) is 22.3 Å². The van der Waals surface area contributed by atoms with Crippen LogP contribution in [0.1, 0.15) is 0 Å². The molecule has 0 aromatic rings. The Bertz CT molecular complexity index is 406. The van der Waals surface area contributed by atoms with E-state index >= 15 is 0 Å². The van der Waals surface area contributed by atoms with Crippen molar-refractivity contribution in [3.8, 4) is 0 Å². The second-order valence-corrected chi connectivity index (χ2v) is 5.38. The van der Waals surface area contributed by atoms with Crippen molar-refractivity contribution in [2.45, 2.75) is 16.8 Å². The molecule has 0 aromatic carbocycles. The van der Waals surface area contributed by atoms with Gasteiger partial charge in [0.25, 0.3) is 0 Å². The minimum atomic E-state index is -3.53. The van der Waals surface area contributed by atoms with Crippen LogP contribution in [-0.4, -0.2) is 26.7 Å². The van der Waals surface area contributed by atoms with Crippen LogP contribution in [-0.2, 0) is 0 Å². The molecule has 2 heterocycles. The van der Waals surface area contributed by atoms with Crippen LogP contribution in [0.2, 0.25) is 0 Å². The van der Waals surface area contributed by atoms with Gasteiger partial charge in [-0.2, -0.15) is 8.78 Å². The standard InChI is InChI=1S/C10H9F3N2S2/c1-2-8(11)10(12,13)17-15-5-3-4-7-9(15)16-6-14-7/h2-6,8-9H,1H2. The summed E-state index contributed by atoms with van der Waals surface area (Å²) in [6.45, 7) is 3.04. The van der Waals surface area contributed by atoms with Gasteiger partial charge in [0, 0.05) is 18.1 Å². The molecule has 0 spiro atoms. The van der Waals surface area contributed by atoms with Gasteiger partial charge in [0.15, 0.2) is 6.17 Å². The van der Waals surface area contributed by atoms with Gasteiger partial charge in [-0.1, -0.05) is 24.4 Å². The summed E-state index contributed by atoms with van der Waals surface area (Å²) in [5.41, 5.74) is 2.28. The summed E-state index contributed by atoms with van der Waals surface area (Å²) in [7, 11) is 0. The van der Waals surface area contributed by atoms with Crippen LogP contribution in [0.4, 0.5) is 13.2 Å². The number of hydrogen-bond acceptors (Lipinski definition) is 4. The highest BCUT2D eigenvalue weighted by Crippen LogP contribution is 2.44. The number of thioether (sulfide) groups is 1. The highest BCUT2D eigenvalue weighted by atomic mass is 32.2. The number of nitrogens with zero attached hydrogens (tertiary/aromatic N) is 2. The van der Waals surface area contributed by atoms with Gasteiger partial charge in [-0.3, -0.25) is 9.30 Å². The Morgan fingerprint density at radius 3 is 3.12 bits per heavy atom. The molecule has 0 N–H and O–H groups in total. The molecule has 2 nitrogen and oxygen atoms in total. The van der Waals surface area contributed by atoms with E-state index in [-0.39, 0.29) is 17.3 Å². The molecular formula is C10H9F3N2S2. The fraction of sp³-hybridized carbons (Fsp3) is 0.300. The van der Waals surface area contributed by atoms with E-state index in [1.54, 1.807) is 17.7 Å². The first-order valence-electron chi connectivity index (χ1n) is 4.73. The first-order chi connectivity index (χ1) is 8.04. The number of allylic oxidation sites excluding steroid dienone is 3. The second kappa shape index (κ2) is 4.81. The van der Waals surface area contributed by atoms with Crippen molar-refractivity contribution in [1.29, 1.82) is 0 Å². The van der Waals surface area contributed by atoms with Crippen LogP contribution in [0.15, 0.2) is 41.7 Å². The van der Waals surface area contributed by atoms with Gasteiger partial charge in [-0.15, -0.1) is 0 Å². The molecule has 0 saturated heterocycles. The molecule has 2 unspecified atom stereocenters. The van der Waals surface area contributed by atoms with Gasteiger partial charge in [0.05, 0.1) is 11.2 Å². The summed E-state index contributed by atoms with van der Waals surface area (Å²) in [5.74, 6) is 0. The fourth-order valence-electron chi connectivity index (χ4n) is 1.31. The number of halogens is 3. The average Bonchev–Trinajstić information content (AvgIpc) is 2.76. The van der Waals surface area contributed by atoms with Crippen molar-refractivity contribution in [1.82, 2.24) is 4.31 Å². The fourth-order valence-corrected chi connectivity index (χ4v) is 3.17. The zero-order valence-corrected chi connectivity index (χ0v) is 10.2. The average molecular weight is 278 g/mol. The second-order valence-electron chi connectivity index (χ2n) is 3.31. The van der Waals surface area contributed by atoms with E-state index in [0.717, 1.165) is 0 Å². The third-order valence-electron chi connectivity index (χ3n) is 2.13. The van der Waals surface area contributed by atoms with E-state index in [1.807, 2.05) is 0 Å². The summed E-state index contributed by atoms with van der Waals surface area (Å²) < 4.78 is 41.2. The van der Waals surface area contributed by atoms with Crippen LogP contribution in [0.3, 0.4) is 0 Å². The van der Waals surface area contributed by atoms with Crippen LogP contribution in [0.5, 0.6) is 0 Å². The Morgan fingerprint density at radius 1 is 1.65 bits per heavy atom. The van der Waals surface area contributed by atoms with Crippen LogP contribution < -0.4 is 0 Å². The lowest BCUT2D eigenvalue weighted by molar-refractivity contribution is 0.0353. The molecule has 0 amide bonds. The number of aliphatic imine (C=N–C) groups is 1. The van der Waals surface area contributed by atoms with Crippen molar-refractivity contribution in [3.05, 3.63) is 36.7 Å². The molecule has 0 fully saturated rings. The number of fused-ring (bicyclic) bond motifs is 1. The SMILES string of the molecule is C=CC(F)C(F)(F)SN1C=CC=C2N=CSC21. The van der Waals surface area contributed by atoms with Crippen molar-refractivity contribution >= 4 is 29.3 Å². The highest BCUT2D eigenvalue weighted by molar-refractivity contribution is 8.13. The predicted octanol–water partition coefficient (Wildman–Crippen LogP) is 3.57. The zero-order valence-electron chi connectivity index (χ0n) is 8.59. The summed E-state index contributed by atoms with van der Waals surface area (Å²) >= 11 is 1.46. The topological polar surface area (TPSA) is 15.6 Å². The van der Waals surface area contributed by atoms with E-state index in [2.05, 4.69) is 11.6 Å². The zero-order chi connectivity index (χ0) is 12.5.